The van der Waals surface area contributed by atoms with Crippen LogP contribution in [0.5, 0.6) is 0 Å². The molecule has 0 aromatic heterocycles. The third-order valence-corrected chi connectivity index (χ3v) is 5.14. The van der Waals surface area contributed by atoms with Gasteiger partial charge in [-0.25, -0.2) is 0 Å². The number of halogens is 1. The van der Waals surface area contributed by atoms with E-state index >= 15 is 0 Å². The second-order valence-electron chi connectivity index (χ2n) is 6.01. The van der Waals surface area contributed by atoms with Gasteiger partial charge in [0.25, 0.3) is 0 Å². The molecule has 1 aromatic carbocycles. The number of aliphatic hydroxyl groups is 1. The quantitative estimate of drug-likeness (QED) is 0.872. The Morgan fingerprint density at radius 3 is 2.75 bits per heavy atom. The fourth-order valence-electron chi connectivity index (χ4n) is 3.48. The molecule has 4 heteroatoms. The van der Waals surface area contributed by atoms with Crippen LogP contribution in [-0.2, 0) is 11.2 Å². The molecule has 0 saturated heterocycles. The highest BCUT2D eigenvalue weighted by Gasteiger charge is 2.29. The number of benzene rings is 1. The van der Waals surface area contributed by atoms with Crippen molar-refractivity contribution in [3.63, 3.8) is 0 Å². The number of rotatable bonds is 2. The average molecular weight is 294 g/mol. The van der Waals surface area contributed by atoms with Gasteiger partial charge in [-0.2, -0.15) is 0 Å². The minimum Gasteiger partial charge on any atom is -0.388 e. The second-order valence-corrected chi connectivity index (χ2v) is 6.38. The Balaban J connectivity index is 1.95. The average Bonchev–Trinajstić information content (AvgIpc) is 2.84. The molecule has 3 rings (SSSR count). The summed E-state index contributed by atoms with van der Waals surface area (Å²) in [7, 11) is 0. The van der Waals surface area contributed by atoms with E-state index in [1.165, 1.54) is 19.3 Å². The lowest BCUT2D eigenvalue weighted by molar-refractivity contribution is -0.115. The molecular weight excluding hydrogens is 274 g/mol. The topological polar surface area (TPSA) is 49.3 Å². The maximum atomic E-state index is 11.5. The molecule has 1 saturated carbocycles. The summed E-state index contributed by atoms with van der Waals surface area (Å²) in [4.78, 5) is 11.5. The standard InChI is InChI=1S/C16H20ClNO2/c1-9-14(17)12(7-11-8-13(19)18-15(9)11)16(20)10-5-3-2-4-6-10/h7,10,16,20H,2-6,8H2,1H3,(H,18,19). The van der Waals surface area contributed by atoms with Crippen LogP contribution in [-0.4, -0.2) is 11.0 Å². The fourth-order valence-corrected chi connectivity index (χ4v) is 3.74. The van der Waals surface area contributed by atoms with E-state index in [4.69, 9.17) is 11.6 Å². The molecule has 108 valence electrons. The van der Waals surface area contributed by atoms with E-state index in [2.05, 4.69) is 5.32 Å². The smallest absolute Gasteiger partial charge is 0.228 e. The monoisotopic (exact) mass is 293 g/mol. The van der Waals surface area contributed by atoms with Crippen LogP contribution in [0.2, 0.25) is 5.02 Å². The van der Waals surface area contributed by atoms with Crippen molar-refractivity contribution in [2.24, 2.45) is 5.92 Å². The Bertz CT molecular complexity index is 550. The molecule has 1 heterocycles. The summed E-state index contributed by atoms with van der Waals surface area (Å²) >= 11 is 6.43. The molecule has 1 aliphatic heterocycles. The van der Waals surface area contributed by atoms with Crippen molar-refractivity contribution in [1.82, 2.24) is 0 Å². The highest BCUT2D eigenvalue weighted by atomic mass is 35.5. The van der Waals surface area contributed by atoms with Crippen LogP contribution in [0.4, 0.5) is 5.69 Å². The first-order valence-corrected chi connectivity index (χ1v) is 7.75. The molecule has 1 aromatic rings. The molecule has 1 amide bonds. The minimum atomic E-state index is -0.512. The highest BCUT2D eigenvalue weighted by Crippen LogP contribution is 2.42. The number of aliphatic hydroxyl groups excluding tert-OH is 1. The third kappa shape index (κ3) is 2.33. The second kappa shape index (κ2) is 5.38. The summed E-state index contributed by atoms with van der Waals surface area (Å²) in [6, 6.07) is 1.92. The number of carbonyl (C=O) groups is 1. The fraction of sp³-hybridized carbons (Fsp3) is 0.562. The van der Waals surface area contributed by atoms with Gasteiger partial charge in [0, 0.05) is 11.3 Å². The number of amides is 1. The highest BCUT2D eigenvalue weighted by molar-refractivity contribution is 6.33. The first-order valence-electron chi connectivity index (χ1n) is 7.37. The van der Waals surface area contributed by atoms with Gasteiger partial charge in [0.05, 0.1) is 17.5 Å². The van der Waals surface area contributed by atoms with Crippen LogP contribution < -0.4 is 5.32 Å². The predicted octanol–water partition coefficient (Wildman–Crippen LogP) is 3.76. The van der Waals surface area contributed by atoms with E-state index < -0.39 is 6.10 Å². The van der Waals surface area contributed by atoms with Crippen molar-refractivity contribution < 1.29 is 9.90 Å². The van der Waals surface area contributed by atoms with Crippen LogP contribution >= 0.6 is 11.6 Å². The summed E-state index contributed by atoms with van der Waals surface area (Å²) in [5, 5.41) is 14.1. The molecular formula is C16H20ClNO2. The molecule has 1 aliphatic carbocycles. The van der Waals surface area contributed by atoms with Gasteiger partial charge in [-0.05, 0) is 42.9 Å². The Kier molecular flexibility index (Phi) is 3.74. The van der Waals surface area contributed by atoms with Gasteiger partial charge in [0.2, 0.25) is 5.91 Å². The van der Waals surface area contributed by atoms with E-state index in [0.29, 0.717) is 17.4 Å². The van der Waals surface area contributed by atoms with Crippen molar-refractivity contribution >= 4 is 23.2 Å². The Morgan fingerprint density at radius 2 is 2.05 bits per heavy atom. The van der Waals surface area contributed by atoms with E-state index in [-0.39, 0.29) is 5.91 Å². The summed E-state index contributed by atoms with van der Waals surface area (Å²) in [5.41, 5.74) is 3.47. The van der Waals surface area contributed by atoms with E-state index in [0.717, 1.165) is 35.2 Å². The normalized spacial score (nSPS) is 20.6. The zero-order valence-electron chi connectivity index (χ0n) is 11.7. The summed E-state index contributed by atoms with van der Waals surface area (Å²) in [6.07, 6.45) is 5.63. The lowest BCUT2D eigenvalue weighted by Gasteiger charge is -2.28. The summed E-state index contributed by atoms with van der Waals surface area (Å²) < 4.78 is 0. The molecule has 2 aliphatic rings. The summed E-state index contributed by atoms with van der Waals surface area (Å²) in [6.45, 7) is 1.91. The lowest BCUT2D eigenvalue weighted by atomic mass is 9.82. The Hall–Kier alpha value is -1.06. The molecule has 1 atom stereocenters. The van der Waals surface area contributed by atoms with Gasteiger partial charge in [-0.3, -0.25) is 4.79 Å². The molecule has 20 heavy (non-hydrogen) atoms. The van der Waals surface area contributed by atoms with Crippen molar-refractivity contribution in [3.8, 4) is 0 Å². The van der Waals surface area contributed by atoms with Gasteiger partial charge in [-0.1, -0.05) is 30.9 Å². The predicted molar refractivity (Wildman–Crippen MR) is 80.1 cm³/mol. The van der Waals surface area contributed by atoms with E-state index in [1.54, 1.807) is 0 Å². The van der Waals surface area contributed by atoms with E-state index in [9.17, 15) is 9.90 Å². The van der Waals surface area contributed by atoms with Crippen LogP contribution in [0.1, 0.15) is 54.9 Å². The number of anilines is 1. The maximum Gasteiger partial charge on any atom is 0.228 e. The zero-order valence-corrected chi connectivity index (χ0v) is 12.5. The third-order valence-electron chi connectivity index (χ3n) is 4.64. The number of fused-ring (bicyclic) bond motifs is 1. The largest absolute Gasteiger partial charge is 0.388 e. The molecule has 1 unspecified atom stereocenters. The lowest BCUT2D eigenvalue weighted by Crippen LogP contribution is -2.16. The van der Waals surface area contributed by atoms with Crippen molar-refractivity contribution in [2.45, 2.75) is 51.6 Å². The zero-order chi connectivity index (χ0) is 14.3. The van der Waals surface area contributed by atoms with Gasteiger partial charge in [-0.15, -0.1) is 0 Å². The van der Waals surface area contributed by atoms with Crippen molar-refractivity contribution in [1.29, 1.82) is 0 Å². The van der Waals surface area contributed by atoms with Gasteiger partial charge < -0.3 is 10.4 Å². The molecule has 0 bridgehead atoms. The summed E-state index contributed by atoms with van der Waals surface area (Å²) in [5.74, 6) is 0.298. The number of hydrogen-bond acceptors (Lipinski definition) is 2. The SMILES string of the molecule is Cc1c(Cl)c(C(O)C2CCCCC2)cc2c1NC(=O)C2. The first-order chi connectivity index (χ1) is 9.58. The van der Waals surface area contributed by atoms with Crippen LogP contribution in [0.3, 0.4) is 0 Å². The number of carbonyl (C=O) groups excluding carboxylic acids is 1. The number of hydrogen-bond donors (Lipinski definition) is 2. The first kappa shape index (κ1) is 13.9. The van der Waals surface area contributed by atoms with Gasteiger partial charge >= 0.3 is 0 Å². The maximum absolute atomic E-state index is 11.5. The van der Waals surface area contributed by atoms with Crippen LogP contribution in [0, 0.1) is 12.8 Å². The van der Waals surface area contributed by atoms with Crippen molar-refractivity contribution in [3.05, 3.63) is 27.8 Å². The van der Waals surface area contributed by atoms with Gasteiger partial charge in [0.1, 0.15) is 0 Å². The Morgan fingerprint density at radius 1 is 1.35 bits per heavy atom. The van der Waals surface area contributed by atoms with Crippen molar-refractivity contribution in [2.75, 3.05) is 5.32 Å². The van der Waals surface area contributed by atoms with Gasteiger partial charge in [0.15, 0.2) is 0 Å². The van der Waals surface area contributed by atoms with Crippen LogP contribution in [0.15, 0.2) is 6.07 Å². The molecule has 0 spiro atoms. The molecule has 1 fully saturated rings. The van der Waals surface area contributed by atoms with Crippen LogP contribution in [0.25, 0.3) is 0 Å². The Labute approximate surface area is 124 Å². The molecule has 2 N–H and O–H groups in total. The number of nitrogens with one attached hydrogen (secondary N) is 1. The van der Waals surface area contributed by atoms with E-state index in [1.807, 2.05) is 13.0 Å². The minimum absolute atomic E-state index is 0.00322. The molecule has 0 radical (unpaired) electrons. The molecule has 3 nitrogen and oxygen atoms in total.